The third-order valence-electron chi connectivity index (χ3n) is 3.73. The second-order valence-corrected chi connectivity index (χ2v) is 6.56. The van der Waals surface area contributed by atoms with E-state index in [2.05, 4.69) is 43.5 Å². The molecule has 3 nitrogen and oxygen atoms in total. The zero-order valence-corrected chi connectivity index (χ0v) is 13.1. The van der Waals surface area contributed by atoms with Gasteiger partial charge in [0, 0.05) is 10.5 Å². The van der Waals surface area contributed by atoms with E-state index in [4.69, 9.17) is 4.89 Å². The lowest BCUT2D eigenvalue weighted by Crippen LogP contribution is -2.26. The van der Waals surface area contributed by atoms with Crippen molar-refractivity contribution >= 4 is 8.25 Å². The highest BCUT2D eigenvalue weighted by Crippen LogP contribution is 2.41. The molecular formula is C15H24O3P+. The molecule has 0 spiro atoms. The molecule has 0 bridgehead atoms. The fraction of sp³-hybridized carbons (Fsp3) is 0.600. The molecule has 1 N–H and O–H groups in total. The van der Waals surface area contributed by atoms with Gasteiger partial charge < -0.3 is 0 Å². The van der Waals surface area contributed by atoms with Crippen LogP contribution < -0.4 is 0 Å². The highest BCUT2D eigenvalue weighted by atomic mass is 31.1. The van der Waals surface area contributed by atoms with Gasteiger partial charge in [-0.2, -0.15) is 0 Å². The van der Waals surface area contributed by atoms with E-state index in [1.807, 2.05) is 6.92 Å². The Morgan fingerprint density at radius 3 is 2.79 bits per heavy atom. The van der Waals surface area contributed by atoms with E-state index in [1.165, 1.54) is 18.3 Å². The molecule has 0 aromatic rings. The molecule has 3 unspecified atom stereocenters. The molecule has 1 aliphatic rings. The first-order chi connectivity index (χ1) is 8.83. The van der Waals surface area contributed by atoms with E-state index in [9.17, 15) is 4.57 Å². The molecule has 19 heavy (non-hydrogen) atoms. The van der Waals surface area contributed by atoms with E-state index < -0.39 is 8.25 Å². The van der Waals surface area contributed by atoms with Crippen LogP contribution in [-0.4, -0.2) is 4.89 Å². The van der Waals surface area contributed by atoms with Crippen LogP contribution in [0.25, 0.3) is 0 Å². The monoisotopic (exact) mass is 283 g/mol. The molecule has 0 aromatic heterocycles. The lowest BCUT2D eigenvalue weighted by molar-refractivity contribution is 0.255. The standard InChI is InChI=1S/C15H23O3P/c1-12(9-11-18-19(16)17)7-8-14-13(2)6-5-10-15(14,3)4/h6-9,11-12,14H,5,10H2,1-4H3/p+1. The highest BCUT2D eigenvalue weighted by molar-refractivity contribution is 7.32. The smallest absolute Gasteiger partial charge is 0.238 e. The summed E-state index contributed by atoms with van der Waals surface area (Å²) in [6, 6.07) is 0. The Hall–Kier alpha value is -0.920. The minimum absolute atomic E-state index is 0.181. The Kier molecular flexibility index (Phi) is 5.96. The minimum atomic E-state index is -2.55. The SMILES string of the molecule is CC1=CCCC(C)(C)C1C=CC(C)C=CO[P+](=O)O. The van der Waals surface area contributed by atoms with Gasteiger partial charge in [0.15, 0.2) is 6.26 Å². The number of hydrogen-bond acceptors (Lipinski definition) is 2. The topological polar surface area (TPSA) is 46.5 Å². The van der Waals surface area contributed by atoms with Crippen LogP contribution in [0.5, 0.6) is 0 Å². The van der Waals surface area contributed by atoms with Crippen molar-refractivity contribution < 1.29 is 14.0 Å². The van der Waals surface area contributed by atoms with Crippen LogP contribution in [-0.2, 0) is 9.09 Å². The van der Waals surface area contributed by atoms with Gasteiger partial charge in [-0.3, -0.25) is 0 Å². The number of rotatable bonds is 5. The predicted molar refractivity (Wildman–Crippen MR) is 78.6 cm³/mol. The molecule has 106 valence electrons. The molecule has 4 heteroatoms. The maximum Gasteiger partial charge on any atom is 0.746 e. The summed E-state index contributed by atoms with van der Waals surface area (Å²) in [5.74, 6) is 0.646. The van der Waals surface area contributed by atoms with Crippen molar-refractivity contribution in [3.8, 4) is 0 Å². The molecule has 0 heterocycles. The van der Waals surface area contributed by atoms with E-state index in [0.29, 0.717) is 11.3 Å². The summed E-state index contributed by atoms with van der Waals surface area (Å²) in [5.41, 5.74) is 1.72. The maximum absolute atomic E-state index is 10.4. The molecule has 0 amide bonds. The van der Waals surface area contributed by atoms with Crippen LogP contribution in [0.4, 0.5) is 0 Å². The van der Waals surface area contributed by atoms with Crippen molar-refractivity contribution in [2.75, 3.05) is 0 Å². The second kappa shape index (κ2) is 7.02. The van der Waals surface area contributed by atoms with Gasteiger partial charge >= 0.3 is 8.25 Å². The largest absolute Gasteiger partial charge is 0.746 e. The molecular weight excluding hydrogens is 259 g/mol. The van der Waals surface area contributed by atoms with Crippen molar-refractivity contribution in [3.63, 3.8) is 0 Å². The first-order valence-electron chi connectivity index (χ1n) is 6.67. The van der Waals surface area contributed by atoms with Gasteiger partial charge in [0.05, 0.1) is 0 Å². The first kappa shape index (κ1) is 16.1. The predicted octanol–water partition coefficient (Wildman–Crippen LogP) is 4.74. The molecule has 1 aliphatic carbocycles. The van der Waals surface area contributed by atoms with Crippen molar-refractivity contribution in [2.45, 2.75) is 40.5 Å². The number of allylic oxidation sites excluding steroid dienone is 5. The van der Waals surface area contributed by atoms with Gasteiger partial charge in [0.25, 0.3) is 0 Å². The fourth-order valence-corrected chi connectivity index (χ4v) is 2.72. The third-order valence-corrected chi connectivity index (χ3v) is 4.03. The van der Waals surface area contributed by atoms with Gasteiger partial charge in [-0.25, -0.2) is 4.52 Å². The maximum atomic E-state index is 10.4. The minimum Gasteiger partial charge on any atom is -0.238 e. The van der Waals surface area contributed by atoms with Crippen LogP contribution in [0, 0.1) is 17.3 Å². The zero-order chi connectivity index (χ0) is 14.5. The van der Waals surface area contributed by atoms with Gasteiger partial charge in [0.1, 0.15) is 0 Å². The van der Waals surface area contributed by atoms with Gasteiger partial charge in [0.2, 0.25) is 0 Å². The van der Waals surface area contributed by atoms with Crippen LogP contribution in [0.3, 0.4) is 0 Å². The molecule has 0 saturated heterocycles. The summed E-state index contributed by atoms with van der Waals surface area (Å²) in [5, 5.41) is 0. The van der Waals surface area contributed by atoms with E-state index in [0.717, 1.165) is 6.42 Å². The van der Waals surface area contributed by atoms with Crippen molar-refractivity contribution in [1.82, 2.24) is 0 Å². The van der Waals surface area contributed by atoms with Crippen molar-refractivity contribution in [1.29, 1.82) is 0 Å². The molecule has 0 radical (unpaired) electrons. The summed E-state index contributed by atoms with van der Waals surface area (Å²) in [7, 11) is -2.55. The molecule has 0 aromatic carbocycles. The van der Waals surface area contributed by atoms with E-state index in [1.54, 1.807) is 6.08 Å². The summed E-state index contributed by atoms with van der Waals surface area (Å²) in [6.45, 7) is 8.82. The van der Waals surface area contributed by atoms with Crippen molar-refractivity contribution in [3.05, 3.63) is 36.1 Å². The Bertz CT molecular complexity index is 408. The van der Waals surface area contributed by atoms with Gasteiger partial charge in [-0.1, -0.05) is 44.6 Å². The van der Waals surface area contributed by atoms with Gasteiger partial charge in [-0.05, 0) is 37.2 Å². The van der Waals surface area contributed by atoms with Crippen LogP contribution >= 0.6 is 8.25 Å². The molecule has 0 fully saturated rings. The lowest BCUT2D eigenvalue weighted by Gasteiger charge is -2.36. The first-order valence-corrected chi connectivity index (χ1v) is 7.80. The average molecular weight is 283 g/mol. The lowest BCUT2D eigenvalue weighted by atomic mass is 9.68. The van der Waals surface area contributed by atoms with Gasteiger partial charge in [-0.15, -0.1) is 4.89 Å². The average Bonchev–Trinajstić information content (AvgIpc) is 2.26. The number of hydrogen-bond donors (Lipinski definition) is 1. The third kappa shape index (κ3) is 5.30. The fourth-order valence-electron chi connectivity index (χ4n) is 2.54. The summed E-state index contributed by atoms with van der Waals surface area (Å²) >= 11 is 0. The highest BCUT2D eigenvalue weighted by Gasteiger charge is 2.30. The van der Waals surface area contributed by atoms with E-state index >= 15 is 0 Å². The van der Waals surface area contributed by atoms with Crippen LogP contribution in [0.2, 0.25) is 0 Å². The molecule has 3 atom stereocenters. The molecule has 1 rings (SSSR count). The Labute approximate surface area is 117 Å². The van der Waals surface area contributed by atoms with Crippen LogP contribution in [0.1, 0.15) is 40.5 Å². The zero-order valence-electron chi connectivity index (χ0n) is 12.2. The Balaban J connectivity index is 2.64. The Morgan fingerprint density at radius 2 is 2.21 bits per heavy atom. The molecule has 0 aliphatic heterocycles. The summed E-state index contributed by atoms with van der Waals surface area (Å²) in [6.07, 6.45) is 12.1. The second-order valence-electron chi connectivity index (χ2n) is 5.87. The van der Waals surface area contributed by atoms with E-state index in [-0.39, 0.29) is 5.92 Å². The Morgan fingerprint density at radius 1 is 1.53 bits per heavy atom. The summed E-state index contributed by atoms with van der Waals surface area (Å²) in [4.78, 5) is 8.51. The summed E-state index contributed by atoms with van der Waals surface area (Å²) < 4.78 is 14.9. The van der Waals surface area contributed by atoms with Crippen LogP contribution in [0.15, 0.2) is 36.1 Å². The van der Waals surface area contributed by atoms with Crippen molar-refractivity contribution in [2.24, 2.45) is 17.3 Å². The molecule has 0 saturated carbocycles. The normalized spacial score (nSPS) is 25.4. The quantitative estimate of drug-likeness (QED) is 0.450.